The standard InChI is InChI=1S/C18H18N2O3S/c1-23-12-18(22,13-7-3-2-4-8-13)11-19-16(21)17-20-14-9-5-6-10-15(14)24-17/h2-10,22H,11-12H2,1H3,(H,19,21)/t18-/m0/s1. The topological polar surface area (TPSA) is 71.5 Å². The Morgan fingerprint density at radius 3 is 2.62 bits per heavy atom. The summed E-state index contributed by atoms with van der Waals surface area (Å²) < 4.78 is 6.09. The molecule has 0 saturated heterocycles. The number of nitrogens with one attached hydrogen (secondary N) is 1. The van der Waals surface area contributed by atoms with Crippen molar-refractivity contribution in [1.82, 2.24) is 10.3 Å². The molecule has 3 rings (SSSR count). The van der Waals surface area contributed by atoms with Crippen LogP contribution in [0.2, 0.25) is 0 Å². The molecule has 0 fully saturated rings. The molecule has 0 saturated carbocycles. The van der Waals surface area contributed by atoms with E-state index in [1.54, 1.807) is 0 Å². The molecule has 0 aliphatic heterocycles. The summed E-state index contributed by atoms with van der Waals surface area (Å²) >= 11 is 1.33. The van der Waals surface area contributed by atoms with Crippen LogP contribution in [0.5, 0.6) is 0 Å². The van der Waals surface area contributed by atoms with E-state index in [1.807, 2.05) is 54.6 Å². The molecule has 0 aliphatic rings. The quantitative estimate of drug-likeness (QED) is 0.722. The summed E-state index contributed by atoms with van der Waals surface area (Å²) in [5.74, 6) is -0.304. The van der Waals surface area contributed by atoms with Crippen LogP contribution in [0.3, 0.4) is 0 Å². The number of rotatable bonds is 6. The molecule has 1 atom stereocenters. The van der Waals surface area contributed by atoms with Gasteiger partial charge in [0.25, 0.3) is 5.91 Å². The minimum atomic E-state index is -1.29. The Labute approximate surface area is 143 Å². The number of ether oxygens (including phenoxy) is 1. The lowest BCUT2D eigenvalue weighted by atomic mass is 9.94. The molecule has 1 amide bonds. The van der Waals surface area contributed by atoms with E-state index in [-0.39, 0.29) is 19.1 Å². The van der Waals surface area contributed by atoms with Gasteiger partial charge in [0.1, 0.15) is 5.60 Å². The lowest BCUT2D eigenvalue weighted by molar-refractivity contribution is -0.0334. The zero-order valence-electron chi connectivity index (χ0n) is 13.2. The highest BCUT2D eigenvalue weighted by Crippen LogP contribution is 2.23. The Morgan fingerprint density at radius 1 is 1.21 bits per heavy atom. The van der Waals surface area contributed by atoms with Gasteiger partial charge in [0.05, 0.1) is 23.4 Å². The number of hydrogen-bond donors (Lipinski definition) is 2. The molecule has 24 heavy (non-hydrogen) atoms. The molecule has 1 heterocycles. The number of nitrogens with zero attached hydrogens (tertiary/aromatic N) is 1. The third-order valence-corrected chi connectivity index (χ3v) is 4.76. The van der Waals surface area contributed by atoms with E-state index in [9.17, 15) is 9.90 Å². The second-order valence-electron chi connectivity index (χ2n) is 5.50. The van der Waals surface area contributed by atoms with E-state index in [2.05, 4.69) is 10.3 Å². The molecule has 0 aliphatic carbocycles. The number of para-hydroxylation sites is 1. The molecule has 1 aromatic heterocycles. The summed E-state index contributed by atoms with van der Waals surface area (Å²) in [6.07, 6.45) is 0. The van der Waals surface area contributed by atoms with Gasteiger partial charge in [-0.05, 0) is 17.7 Å². The number of fused-ring (bicyclic) bond motifs is 1. The number of hydrogen-bond acceptors (Lipinski definition) is 5. The highest BCUT2D eigenvalue weighted by molar-refractivity contribution is 7.20. The molecule has 0 bridgehead atoms. The van der Waals surface area contributed by atoms with Crippen molar-refractivity contribution in [3.63, 3.8) is 0 Å². The van der Waals surface area contributed by atoms with E-state index >= 15 is 0 Å². The van der Waals surface area contributed by atoms with E-state index in [1.165, 1.54) is 18.4 Å². The fourth-order valence-electron chi connectivity index (χ4n) is 2.50. The maximum absolute atomic E-state index is 12.4. The first-order chi connectivity index (χ1) is 11.6. The van der Waals surface area contributed by atoms with Crippen molar-refractivity contribution in [2.45, 2.75) is 5.60 Å². The summed E-state index contributed by atoms with van der Waals surface area (Å²) in [5.41, 5.74) is 0.196. The molecule has 0 unspecified atom stereocenters. The van der Waals surface area contributed by atoms with Crippen molar-refractivity contribution in [3.8, 4) is 0 Å². The maximum Gasteiger partial charge on any atom is 0.280 e. The van der Waals surface area contributed by atoms with Gasteiger partial charge in [-0.2, -0.15) is 0 Å². The highest BCUT2D eigenvalue weighted by atomic mass is 32.1. The van der Waals surface area contributed by atoms with Gasteiger partial charge < -0.3 is 15.2 Å². The number of thiazole rings is 1. The summed E-state index contributed by atoms with van der Waals surface area (Å²) in [7, 11) is 1.52. The summed E-state index contributed by atoms with van der Waals surface area (Å²) in [6.45, 7) is 0.122. The van der Waals surface area contributed by atoms with E-state index in [0.717, 1.165) is 10.2 Å². The monoisotopic (exact) mass is 342 g/mol. The van der Waals surface area contributed by atoms with Gasteiger partial charge in [-0.1, -0.05) is 42.5 Å². The number of aromatic nitrogens is 1. The van der Waals surface area contributed by atoms with Crippen LogP contribution in [-0.4, -0.2) is 36.3 Å². The first-order valence-electron chi connectivity index (χ1n) is 7.53. The molecule has 2 N–H and O–H groups in total. The zero-order valence-corrected chi connectivity index (χ0v) is 14.0. The van der Waals surface area contributed by atoms with Gasteiger partial charge in [0.2, 0.25) is 0 Å². The van der Waals surface area contributed by atoms with Crippen molar-refractivity contribution < 1.29 is 14.6 Å². The summed E-state index contributed by atoms with van der Waals surface area (Å²) in [6, 6.07) is 16.8. The second kappa shape index (κ2) is 7.09. The van der Waals surface area contributed by atoms with Crippen LogP contribution in [0, 0.1) is 0 Å². The van der Waals surface area contributed by atoms with Crippen LogP contribution >= 0.6 is 11.3 Å². The van der Waals surface area contributed by atoms with Crippen molar-refractivity contribution in [3.05, 3.63) is 65.2 Å². The predicted molar refractivity (Wildman–Crippen MR) is 94.2 cm³/mol. The average Bonchev–Trinajstić information content (AvgIpc) is 3.05. The number of methoxy groups -OCH3 is 1. The van der Waals surface area contributed by atoms with Gasteiger partial charge in [-0.3, -0.25) is 4.79 Å². The number of carbonyl (C=O) groups excluding carboxylic acids is 1. The molecular formula is C18H18N2O3S. The fraction of sp³-hybridized carbons (Fsp3) is 0.222. The lowest BCUT2D eigenvalue weighted by Crippen LogP contribution is -2.43. The van der Waals surface area contributed by atoms with Crippen LogP contribution in [0.15, 0.2) is 54.6 Å². The van der Waals surface area contributed by atoms with Gasteiger partial charge in [-0.15, -0.1) is 11.3 Å². The molecule has 5 nitrogen and oxygen atoms in total. The Morgan fingerprint density at radius 2 is 1.92 bits per heavy atom. The number of amides is 1. The Hall–Kier alpha value is -2.28. The van der Waals surface area contributed by atoms with E-state index in [4.69, 9.17) is 4.74 Å². The first kappa shape index (κ1) is 16.6. The summed E-state index contributed by atoms with van der Waals surface area (Å²) in [4.78, 5) is 16.7. The number of aliphatic hydroxyl groups is 1. The van der Waals surface area contributed by atoms with E-state index < -0.39 is 5.60 Å². The third-order valence-electron chi connectivity index (χ3n) is 3.72. The largest absolute Gasteiger partial charge is 0.381 e. The van der Waals surface area contributed by atoms with Gasteiger partial charge in [0.15, 0.2) is 5.01 Å². The molecule has 3 aromatic rings. The molecular weight excluding hydrogens is 324 g/mol. The maximum atomic E-state index is 12.4. The van der Waals surface area contributed by atoms with Crippen molar-refractivity contribution >= 4 is 27.5 Å². The van der Waals surface area contributed by atoms with Crippen molar-refractivity contribution in [2.24, 2.45) is 0 Å². The first-order valence-corrected chi connectivity index (χ1v) is 8.35. The highest BCUT2D eigenvalue weighted by Gasteiger charge is 2.30. The Kier molecular flexibility index (Phi) is 4.89. The van der Waals surface area contributed by atoms with Crippen LogP contribution in [0.4, 0.5) is 0 Å². The smallest absolute Gasteiger partial charge is 0.280 e. The van der Waals surface area contributed by atoms with Crippen molar-refractivity contribution in [1.29, 1.82) is 0 Å². The SMILES string of the molecule is COC[C@@](O)(CNC(=O)c1nc2ccccc2s1)c1ccccc1. The van der Waals surface area contributed by atoms with Crippen LogP contribution in [0.1, 0.15) is 15.4 Å². The van der Waals surface area contributed by atoms with E-state index in [0.29, 0.717) is 10.6 Å². The lowest BCUT2D eigenvalue weighted by Gasteiger charge is -2.28. The normalized spacial score (nSPS) is 13.6. The number of benzene rings is 2. The molecule has 6 heteroatoms. The van der Waals surface area contributed by atoms with Crippen LogP contribution in [-0.2, 0) is 10.3 Å². The van der Waals surface area contributed by atoms with Gasteiger partial charge >= 0.3 is 0 Å². The summed E-state index contributed by atoms with van der Waals surface area (Å²) in [5, 5.41) is 14.0. The van der Waals surface area contributed by atoms with Gasteiger partial charge in [0, 0.05) is 7.11 Å². The fourth-order valence-corrected chi connectivity index (χ4v) is 3.38. The molecule has 2 aromatic carbocycles. The third kappa shape index (κ3) is 3.46. The minimum absolute atomic E-state index is 0.0413. The zero-order chi connectivity index (χ0) is 17.0. The molecule has 0 radical (unpaired) electrons. The predicted octanol–water partition coefficient (Wildman–Crippen LogP) is 2.56. The van der Waals surface area contributed by atoms with Crippen molar-refractivity contribution in [2.75, 3.05) is 20.3 Å². The molecule has 124 valence electrons. The van der Waals surface area contributed by atoms with Crippen LogP contribution < -0.4 is 5.32 Å². The Balaban J connectivity index is 1.75. The minimum Gasteiger partial charge on any atom is -0.381 e. The van der Waals surface area contributed by atoms with Crippen LogP contribution in [0.25, 0.3) is 10.2 Å². The Bertz CT molecular complexity index is 801. The molecule has 0 spiro atoms. The second-order valence-corrected chi connectivity index (χ2v) is 6.53. The van der Waals surface area contributed by atoms with Gasteiger partial charge in [-0.25, -0.2) is 4.98 Å². The number of carbonyl (C=O) groups is 1. The average molecular weight is 342 g/mol.